The lowest BCUT2D eigenvalue weighted by Gasteiger charge is -2.29. The molecule has 4 rings (SSSR count). The van der Waals surface area contributed by atoms with Gasteiger partial charge in [-0.3, -0.25) is 4.79 Å². The van der Waals surface area contributed by atoms with Crippen LogP contribution in [-0.4, -0.2) is 36.3 Å². The molecule has 1 amide bonds. The number of amides is 1. The molecule has 27 heavy (non-hydrogen) atoms. The number of furan rings is 1. The Bertz CT molecular complexity index is 811. The first kappa shape index (κ1) is 18.0. The van der Waals surface area contributed by atoms with Gasteiger partial charge in [-0.05, 0) is 37.5 Å². The second-order valence-corrected chi connectivity index (χ2v) is 8.01. The van der Waals surface area contributed by atoms with Crippen LogP contribution in [-0.2, 0) is 4.79 Å². The number of aryl methyl sites for hydroxylation is 1. The summed E-state index contributed by atoms with van der Waals surface area (Å²) in [5, 5.41) is 6.40. The monoisotopic (exact) mass is 366 g/mol. The number of hydrazone groups is 1. The van der Waals surface area contributed by atoms with Gasteiger partial charge in [0.1, 0.15) is 11.8 Å². The van der Waals surface area contributed by atoms with E-state index in [1.165, 1.54) is 23.3 Å². The highest BCUT2D eigenvalue weighted by Crippen LogP contribution is 2.32. The van der Waals surface area contributed by atoms with Crippen molar-refractivity contribution in [2.24, 2.45) is 11.0 Å². The number of rotatable bonds is 4. The van der Waals surface area contributed by atoms with E-state index < -0.39 is 0 Å². The number of nitrogens with zero attached hydrogens (tertiary/aromatic N) is 2. The highest BCUT2D eigenvalue weighted by molar-refractivity contribution is 6.03. The van der Waals surface area contributed by atoms with Gasteiger partial charge in [0.2, 0.25) is 0 Å². The van der Waals surface area contributed by atoms with Gasteiger partial charge in [0.05, 0.1) is 25.1 Å². The second kappa shape index (κ2) is 7.69. The van der Waals surface area contributed by atoms with Crippen LogP contribution in [0.5, 0.6) is 0 Å². The SMILES string of the molecule is Cc1ccc(C2=NN(C(=O)C[NH+]3CCC[C@H](C)C3)[C@@H](c3ccco3)C2)cc1. The number of carbonyl (C=O) groups excluding carboxylic acids is 1. The average molecular weight is 366 g/mol. The third kappa shape index (κ3) is 3.98. The standard InChI is InChI=1S/C22H27N3O2/c1-16-7-9-18(10-8-16)19-13-20(21-6-4-12-27-21)25(23-19)22(26)15-24-11-3-5-17(2)14-24/h4,6-10,12,17,20H,3,5,11,13-15H2,1-2H3/p+1/t17-,20+/m0/s1. The summed E-state index contributed by atoms with van der Waals surface area (Å²) < 4.78 is 5.63. The van der Waals surface area contributed by atoms with Crippen molar-refractivity contribution in [3.05, 3.63) is 59.5 Å². The van der Waals surface area contributed by atoms with Gasteiger partial charge < -0.3 is 9.32 Å². The maximum atomic E-state index is 13.1. The summed E-state index contributed by atoms with van der Waals surface area (Å²) in [6.45, 7) is 7.00. The van der Waals surface area contributed by atoms with Crippen LogP contribution in [0.25, 0.3) is 0 Å². The Balaban J connectivity index is 1.55. The van der Waals surface area contributed by atoms with Crippen molar-refractivity contribution in [3.8, 4) is 0 Å². The normalized spacial score (nSPS) is 25.5. The Labute approximate surface area is 160 Å². The van der Waals surface area contributed by atoms with E-state index in [1.807, 2.05) is 12.1 Å². The van der Waals surface area contributed by atoms with Crippen molar-refractivity contribution in [1.82, 2.24) is 5.01 Å². The van der Waals surface area contributed by atoms with E-state index in [9.17, 15) is 4.79 Å². The van der Waals surface area contributed by atoms with Gasteiger partial charge in [-0.25, -0.2) is 5.01 Å². The summed E-state index contributed by atoms with van der Waals surface area (Å²) in [5.41, 5.74) is 3.24. The lowest BCUT2D eigenvalue weighted by Crippen LogP contribution is -3.14. The zero-order chi connectivity index (χ0) is 18.8. The summed E-state index contributed by atoms with van der Waals surface area (Å²) >= 11 is 0. The molecule has 0 bridgehead atoms. The van der Waals surface area contributed by atoms with Gasteiger partial charge >= 0.3 is 0 Å². The summed E-state index contributed by atoms with van der Waals surface area (Å²) in [7, 11) is 0. The van der Waals surface area contributed by atoms with Crippen LogP contribution in [0.1, 0.15) is 49.1 Å². The maximum absolute atomic E-state index is 13.1. The molecule has 5 heteroatoms. The molecule has 2 aliphatic rings. The van der Waals surface area contributed by atoms with E-state index in [2.05, 4.69) is 38.1 Å². The van der Waals surface area contributed by atoms with Crippen LogP contribution in [0.4, 0.5) is 0 Å². The number of hydrogen-bond donors (Lipinski definition) is 1. The van der Waals surface area contributed by atoms with E-state index in [-0.39, 0.29) is 11.9 Å². The molecule has 1 aromatic carbocycles. The van der Waals surface area contributed by atoms with Crippen LogP contribution in [0, 0.1) is 12.8 Å². The lowest BCUT2D eigenvalue weighted by molar-refractivity contribution is -0.900. The Morgan fingerprint density at radius 2 is 2.11 bits per heavy atom. The van der Waals surface area contributed by atoms with Crippen LogP contribution < -0.4 is 4.90 Å². The van der Waals surface area contributed by atoms with Crippen LogP contribution in [0.3, 0.4) is 0 Å². The van der Waals surface area contributed by atoms with Gasteiger partial charge in [-0.2, -0.15) is 5.10 Å². The summed E-state index contributed by atoms with van der Waals surface area (Å²) in [6, 6.07) is 12.0. The van der Waals surface area contributed by atoms with Crippen molar-refractivity contribution in [2.45, 2.75) is 39.2 Å². The van der Waals surface area contributed by atoms with Gasteiger partial charge in [0, 0.05) is 12.3 Å². The molecule has 2 aromatic rings. The first-order chi connectivity index (χ1) is 13.1. The van der Waals surface area contributed by atoms with Gasteiger partial charge in [0.25, 0.3) is 5.91 Å². The first-order valence-corrected chi connectivity index (χ1v) is 9.93. The number of nitrogens with one attached hydrogen (secondary N) is 1. The summed E-state index contributed by atoms with van der Waals surface area (Å²) in [4.78, 5) is 14.5. The molecule has 1 fully saturated rings. The van der Waals surface area contributed by atoms with E-state index in [0.29, 0.717) is 18.9 Å². The average Bonchev–Trinajstić information content (AvgIpc) is 3.32. The van der Waals surface area contributed by atoms with Crippen LogP contribution in [0.2, 0.25) is 0 Å². The van der Waals surface area contributed by atoms with Crippen LogP contribution in [0.15, 0.2) is 52.2 Å². The van der Waals surface area contributed by atoms with E-state index in [1.54, 1.807) is 11.3 Å². The number of quaternary nitrogens is 1. The molecule has 5 nitrogen and oxygen atoms in total. The number of benzene rings is 1. The molecule has 1 N–H and O–H groups in total. The van der Waals surface area contributed by atoms with Gasteiger partial charge in [0.15, 0.2) is 6.54 Å². The molecular formula is C22H28N3O2+. The zero-order valence-corrected chi connectivity index (χ0v) is 16.1. The fraction of sp³-hybridized carbons (Fsp3) is 0.455. The topological polar surface area (TPSA) is 50.2 Å². The Kier molecular flexibility index (Phi) is 5.12. The van der Waals surface area contributed by atoms with E-state index in [0.717, 1.165) is 30.1 Å². The maximum Gasteiger partial charge on any atom is 0.298 e. The minimum absolute atomic E-state index is 0.0858. The molecule has 3 atom stereocenters. The fourth-order valence-corrected chi connectivity index (χ4v) is 4.22. The largest absolute Gasteiger partial charge is 0.467 e. The van der Waals surface area contributed by atoms with Gasteiger partial charge in [-0.15, -0.1) is 0 Å². The smallest absolute Gasteiger partial charge is 0.298 e. The predicted octanol–water partition coefficient (Wildman–Crippen LogP) is 2.58. The molecule has 2 aliphatic heterocycles. The van der Waals surface area contributed by atoms with Gasteiger partial charge in [-0.1, -0.05) is 36.8 Å². The zero-order valence-electron chi connectivity index (χ0n) is 16.1. The highest BCUT2D eigenvalue weighted by Gasteiger charge is 2.36. The fourth-order valence-electron chi connectivity index (χ4n) is 4.22. The minimum Gasteiger partial charge on any atom is -0.467 e. The molecule has 1 aromatic heterocycles. The molecule has 142 valence electrons. The Morgan fingerprint density at radius 1 is 1.30 bits per heavy atom. The van der Waals surface area contributed by atoms with E-state index >= 15 is 0 Å². The number of piperidine rings is 1. The molecule has 1 unspecified atom stereocenters. The van der Waals surface area contributed by atoms with Crippen molar-refractivity contribution < 1.29 is 14.1 Å². The molecule has 0 saturated carbocycles. The summed E-state index contributed by atoms with van der Waals surface area (Å²) in [6.07, 6.45) is 4.82. The molecule has 0 radical (unpaired) electrons. The molecule has 0 aliphatic carbocycles. The van der Waals surface area contributed by atoms with Crippen LogP contribution >= 0.6 is 0 Å². The van der Waals surface area contributed by atoms with E-state index in [4.69, 9.17) is 9.52 Å². The van der Waals surface area contributed by atoms with Crippen molar-refractivity contribution >= 4 is 11.6 Å². The number of hydrogen-bond acceptors (Lipinski definition) is 3. The van der Waals surface area contributed by atoms with Crippen molar-refractivity contribution in [2.75, 3.05) is 19.6 Å². The minimum atomic E-state index is -0.148. The molecule has 1 saturated heterocycles. The Hall–Kier alpha value is -2.40. The third-order valence-electron chi connectivity index (χ3n) is 5.69. The highest BCUT2D eigenvalue weighted by atomic mass is 16.3. The lowest BCUT2D eigenvalue weighted by atomic mass is 10.0. The number of likely N-dealkylation sites (tertiary alicyclic amines) is 1. The third-order valence-corrected chi connectivity index (χ3v) is 5.69. The molecular weight excluding hydrogens is 338 g/mol. The number of carbonyl (C=O) groups is 1. The predicted molar refractivity (Wildman–Crippen MR) is 105 cm³/mol. The summed E-state index contributed by atoms with van der Waals surface area (Å²) in [5.74, 6) is 1.58. The Morgan fingerprint density at radius 3 is 2.81 bits per heavy atom. The van der Waals surface area contributed by atoms with Crippen molar-refractivity contribution in [1.29, 1.82) is 0 Å². The molecule has 0 spiro atoms. The quantitative estimate of drug-likeness (QED) is 0.904. The first-order valence-electron chi connectivity index (χ1n) is 9.93. The molecule has 3 heterocycles. The second-order valence-electron chi connectivity index (χ2n) is 8.01. The van der Waals surface area contributed by atoms with Crippen molar-refractivity contribution in [3.63, 3.8) is 0 Å².